The van der Waals surface area contributed by atoms with Gasteiger partial charge in [0.25, 0.3) is 0 Å². The maximum Gasteiger partial charge on any atom is 0.115 e. The minimum absolute atomic E-state index is 0.310. The van der Waals surface area contributed by atoms with Gasteiger partial charge in [-0.25, -0.2) is 0 Å². The highest BCUT2D eigenvalue weighted by atomic mass is 16.5. The molecule has 2 N–H and O–H groups in total. The second kappa shape index (κ2) is 5.72. The van der Waals surface area contributed by atoms with Crippen molar-refractivity contribution < 1.29 is 9.84 Å². The lowest BCUT2D eigenvalue weighted by atomic mass is 9.82. The first-order valence-electron chi connectivity index (χ1n) is 6.69. The summed E-state index contributed by atoms with van der Waals surface area (Å²) in [4.78, 5) is 0. The van der Waals surface area contributed by atoms with Crippen molar-refractivity contribution in [2.75, 3.05) is 19.8 Å². The third-order valence-corrected chi connectivity index (χ3v) is 3.93. The molecule has 0 saturated carbocycles. The molecule has 0 spiro atoms. The predicted octanol–water partition coefficient (Wildman–Crippen LogP) is 2.86. The molecular formula is C15H23NO2. The first kappa shape index (κ1) is 13.4. The van der Waals surface area contributed by atoms with E-state index in [0.717, 1.165) is 32.6 Å². The van der Waals surface area contributed by atoms with Gasteiger partial charge in [-0.05, 0) is 42.9 Å². The zero-order valence-corrected chi connectivity index (χ0v) is 11.3. The molecule has 3 nitrogen and oxygen atoms in total. The third-order valence-electron chi connectivity index (χ3n) is 3.93. The lowest BCUT2D eigenvalue weighted by Gasteiger charge is -2.34. The maximum absolute atomic E-state index is 9.28. The van der Waals surface area contributed by atoms with Crippen LogP contribution in [-0.2, 0) is 4.74 Å². The van der Waals surface area contributed by atoms with E-state index in [0.29, 0.717) is 17.2 Å². The normalized spacial score (nSPS) is 20.6. The summed E-state index contributed by atoms with van der Waals surface area (Å²) < 4.78 is 5.41. The van der Waals surface area contributed by atoms with E-state index in [1.165, 1.54) is 5.56 Å². The summed E-state index contributed by atoms with van der Waals surface area (Å²) in [6, 6.07) is 7.73. The average molecular weight is 249 g/mol. The highest BCUT2D eigenvalue weighted by Crippen LogP contribution is 2.29. The van der Waals surface area contributed by atoms with Gasteiger partial charge in [0.1, 0.15) is 5.75 Å². The van der Waals surface area contributed by atoms with Crippen molar-refractivity contribution in [3.63, 3.8) is 0 Å². The topological polar surface area (TPSA) is 41.5 Å². The monoisotopic (exact) mass is 249 g/mol. The Morgan fingerprint density at radius 1 is 1.28 bits per heavy atom. The summed E-state index contributed by atoms with van der Waals surface area (Å²) in [6.45, 7) is 7.26. The number of phenols is 1. The summed E-state index contributed by atoms with van der Waals surface area (Å²) in [5.74, 6) is 0.322. The van der Waals surface area contributed by atoms with Gasteiger partial charge in [0, 0.05) is 25.8 Å². The molecule has 1 heterocycles. The lowest BCUT2D eigenvalue weighted by Crippen LogP contribution is -2.37. The van der Waals surface area contributed by atoms with Crippen LogP contribution in [0.4, 0.5) is 0 Å². The van der Waals surface area contributed by atoms with Crippen LogP contribution in [0, 0.1) is 5.41 Å². The summed E-state index contributed by atoms with van der Waals surface area (Å²) in [7, 11) is 0. The molecule has 0 aromatic heterocycles. The molecule has 3 heteroatoms. The van der Waals surface area contributed by atoms with Crippen molar-refractivity contribution in [3.05, 3.63) is 29.8 Å². The van der Waals surface area contributed by atoms with Gasteiger partial charge in [0.2, 0.25) is 0 Å². The summed E-state index contributed by atoms with van der Waals surface area (Å²) >= 11 is 0. The molecule has 0 bridgehead atoms. The SMILES string of the molecule is CC(NCC1(C)CCOCC1)c1ccc(O)cc1. The molecule has 1 aromatic rings. The Morgan fingerprint density at radius 2 is 1.89 bits per heavy atom. The molecule has 1 aliphatic heterocycles. The van der Waals surface area contributed by atoms with Gasteiger partial charge in [-0.15, -0.1) is 0 Å². The van der Waals surface area contributed by atoms with Crippen LogP contribution in [0.1, 0.15) is 38.3 Å². The van der Waals surface area contributed by atoms with E-state index in [4.69, 9.17) is 4.74 Å². The summed E-state index contributed by atoms with van der Waals surface area (Å²) in [5.41, 5.74) is 1.56. The summed E-state index contributed by atoms with van der Waals surface area (Å²) in [5, 5.41) is 12.9. The van der Waals surface area contributed by atoms with Gasteiger partial charge in [0.05, 0.1) is 0 Å². The summed E-state index contributed by atoms with van der Waals surface area (Å²) in [6.07, 6.45) is 2.25. The molecule has 1 aromatic carbocycles. The highest BCUT2D eigenvalue weighted by Gasteiger charge is 2.27. The minimum Gasteiger partial charge on any atom is -0.508 e. The van der Waals surface area contributed by atoms with Crippen LogP contribution in [0.25, 0.3) is 0 Å². The van der Waals surface area contributed by atoms with E-state index in [-0.39, 0.29) is 0 Å². The van der Waals surface area contributed by atoms with Gasteiger partial charge in [-0.2, -0.15) is 0 Å². The molecule has 1 aliphatic rings. The van der Waals surface area contributed by atoms with Crippen molar-refractivity contribution in [1.29, 1.82) is 0 Å². The molecule has 0 amide bonds. The smallest absolute Gasteiger partial charge is 0.115 e. The number of hydrogen-bond acceptors (Lipinski definition) is 3. The first-order valence-corrected chi connectivity index (χ1v) is 6.69. The quantitative estimate of drug-likeness (QED) is 0.862. The molecule has 100 valence electrons. The van der Waals surface area contributed by atoms with Gasteiger partial charge < -0.3 is 15.2 Å². The number of nitrogens with one attached hydrogen (secondary N) is 1. The fourth-order valence-electron chi connectivity index (χ4n) is 2.32. The molecular weight excluding hydrogens is 226 g/mol. The zero-order chi connectivity index (χ0) is 13.0. The second-order valence-corrected chi connectivity index (χ2v) is 5.62. The number of phenolic OH excluding ortho intramolecular Hbond substituents is 1. The van der Waals surface area contributed by atoms with Gasteiger partial charge in [0.15, 0.2) is 0 Å². The fraction of sp³-hybridized carbons (Fsp3) is 0.600. The Morgan fingerprint density at radius 3 is 2.50 bits per heavy atom. The van der Waals surface area contributed by atoms with Crippen molar-refractivity contribution in [1.82, 2.24) is 5.32 Å². The number of hydrogen-bond donors (Lipinski definition) is 2. The lowest BCUT2D eigenvalue weighted by molar-refractivity contribution is 0.0231. The Labute approximate surface area is 109 Å². The second-order valence-electron chi connectivity index (χ2n) is 5.62. The van der Waals surface area contributed by atoms with E-state index in [1.54, 1.807) is 12.1 Å². The van der Waals surface area contributed by atoms with Crippen LogP contribution in [-0.4, -0.2) is 24.9 Å². The molecule has 0 radical (unpaired) electrons. The number of aromatic hydroxyl groups is 1. The standard InChI is InChI=1S/C15H23NO2/c1-12(13-3-5-14(17)6-4-13)16-11-15(2)7-9-18-10-8-15/h3-6,12,16-17H,7-11H2,1-2H3. The van der Waals surface area contributed by atoms with Crippen LogP contribution >= 0.6 is 0 Å². The first-order chi connectivity index (χ1) is 8.59. The molecule has 2 rings (SSSR count). The maximum atomic E-state index is 9.28. The molecule has 1 atom stereocenters. The van der Waals surface area contributed by atoms with Crippen LogP contribution in [0.2, 0.25) is 0 Å². The van der Waals surface area contributed by atoms with Crippen molar-refractivity contribution in [2.45, 2.75) is 32.7 Å². The average Bonchev–Trinajstić information content (AvgIpc) is 2.38. The van der Waals surface area contributed by atoms with Gasteiger partial charge >= 0.3 is 0 Å². The largest absolute Gasteiger partial charge is 0.508 e. The van der Waals surface area contributed by atoms with Gasteiger partial charge in [-0.3, -0.25) is 0 Å². The Kier molecular flexibility index (Phi) is 4.25. The van der Waals surface area contributed by atoms with Crippen LogP contribution in [0.5, 0.6) is 5.75 Å². The number of benzene rings is 1. The third kappa shape index (κ3) is 3.47. The van der Waals surface area contributed by atoms with Crippen LogP contribution < -0.4 is 5.32 Å². The Hall–Kier alpha value is -1.06. The molecule has 18 heavy (non-hydrogen) atoms. The molecule has 1 unspecified atom stereocenters. The molecule has 1 saturated heterocycles. The zero-order valence-electron chi connectivity index (χ0n) is 11.3. The number of rotatable bonds is 4. The predicted molar refractivity (Wildman–Crippen MR) is 72.7 cm³/mol. The Bertz CT molecular complexity index is 369. The van der Waals surface area contributed by atoms with E-state index in [1.807, 2.05) is 12.1 Å². The minimum atomic E-state index is 0.310. The van der Waals surface area contributed by atoms with Crippen LogP contribution in [0.15, 0.2) is 24.3 Å². The fourth-order valence-corrected chi connectivity index (χ4v) is 2.32. The van der Waals surface area contributed by atoms with E-state index < -0.39 is 0 Å². The van der Waals surface area contributed by atoms with E-state index in [2.05, 4.69) is 19.2 Å². The number of ether oxygens (including phenoxy) is 1. The highest BCUT2D eigenvalue weighted by molar-refractivity contribution is 5.27. The van der Waals surface area contributed by atoms with E-state index >= 15 is 0 Å². The molecule has 1 fully saturated rings. The van der Waals surface area contributed by atoms with Crippen molar-refractivity contribution in [3.8, 4) is 5.75 Å². The Balaban J connectivity index is 1.87. The van der Waals surface area contributed by atoms with Gasteiger partial charge in [-0.1, -0.05) is 19.1 Å². The van der Waals surface area contributed by atoms with E-state index in [9.17, 15) is 5.11 Å². The van der Waals surface area contributed by atoms with Crippen molar-refractivity contribution in [2.24, 2.45) is 5.41 Å². The van der Waals surface area contributed by atoms with Crippen molar-refractivity contribution >= 4 is 0 Å². The molecule has 0 aliphatic carbocycles. The van der Waals surface area contributed by atoms with Crippen LogP contribution in [0.3, 0.4) is 0 Å².